The Morgan fingerprint density at radius 1 is 0.786 bits per heavy atom. The lowest BCUT2D eigenvalue weighted by molar-refractivity contribution is -0.154. The Hall–Kier alpha value is -3.36. The largest absolute Gasteiger partial charge is 0.454 e. The van der Waals surface area contributed by atoms with Gasteiger partial charge in [0.15, 0.2) is 6.61 Å². The van der Waals surface area contributed by atoms with Crippen LogP contribution in [0.5, 0.6) is 6.01 Å². The lowest BCUT2D eigenvalue weighted by atomic mass is 10.2. The summed E-state index contributed by atoms with van der Waals surface area (Å²) in [6.45, 7) is -1.49. The van der Waals surface area contributed by atoms with Gasteiger partial charge in [-0.25, -0.2) is 0 Å². The maximum absolute atomic E-state index is 12.6. The van der Waals surface area contributed by atoms with E-state index in [0.717, 1.165) is 11.4 Å². The predicted octanol–water partition coefficient (Wildman–Crippen LogP) is 4.35. The Balaban J connectivity index is 2.09. The third-order valence-corrected chi connectivity index (χ3v) is 3.59. The zero-order chi connectivity index (χ0) is 20.1. The second-order valence-corrected chi connectivity index (χ2v) is 6.02. The van der Waals surface area contributed by atoms with Gasteiger partial charge in [0, 0.05) is 25.5 Å². The molecular formula is C19H18F3N5O. The molecule has 1 heterocycles. The Morgan fingerprint density at radius 3 is 1.75 bits per heavy atom. The van der Waals surface area contributed by atoms with Crippen LogP contribution in [0.25, 0.3) is 0 Å². The number of para-hydroxylation sites is 2. The van der Waals surface area contributed by atoms with Gasteiger partial charge in [0.2, 0.25) is 11.9 Å². The molecule has 9 heteroatoms. The first-order chi connectivity index (χ1) is 13.3. The van der Waals surface area contributed by atoms with E-state index in [-0.39, 0.29) is 11.9 Å². The molecule has 0 saturated carbocycles. The predicted molar refractivity (Wildman–Crippen MR) is 100 cm³/mol. The Kier molecular flexibility index (Phi) is 5.62. The molecule has 0 bridgehead atoms. The second kappa shape index (κ2) is 8.12. The van der Waals surface area contributed by atoms with Crippen molar-refractivity contribution in [3.63, 3.8) is 0 Å². The molecule has 0 aliphatic heterocycles. The van der Waals surface area contributed by atoms with Crippen LogP contribution in [0.4, 0.5) is 36.4 Å². The molecule has 0 N–H and O–H groups in total. The summed E-state index contributed by atoms with van der Waals surface area (Å²) in [6.07, 6.45) is -4.50. The summed E-state index contributed by atoms with van der Waals surface area (Å²) in [5.41, 5.74) is 1.48. The lowest BCUT2D eigenvalue weighted by Crippen LogP contribution is -2.23. The molecule has 3 rings (SSSR count). The van der Waals surface area contributed by atoms with E-state index in [2.05, 4.69) is 15.0 Å². The van der Waals surface area contributed by atoms with Crippen molar-refractivity contribution in [3.05, 3.63) is 60.7 Å². The van der Waals surface area contributed by atoms with Crippen molar-refractivity contribution in [2.75, 3.05) is 30.5 Å². The molecule has 0 unspecified atom stereocenters. The van der Waals surface area contributed by atoms with Crippen LogP contribution in [-0.4, -0.2) is 41.8 Å². The standard InChI is InChI=1S/C19H18F3N5O/c1-26(2)16-23-17(25-18(24-16)28-13-19(20,21)22)27(14-9-5-3-6-10-14)15-11-7-4-8-12-15/h3-12H,13H2,1-2H3. The highest BCUT2D eigenvalue weighted by Crippen LogP contribution is 2.33. The van der Waals surface area contributed by atoms with Crippen LogP contribution >= 0.6 is 0 Å². The highest BCUT2D eigenvalue weighted by molar-refractivity contribution is 5.72. The monoisotopic (exact) mass is 389 g/mol. The number of anilines is 4. The molecule has 28 heavy (non-hydrogen) atoms. The molecule has 0 aliphatic rings. The minimum absolute atomic E-state index is 0.147. The van der Waals surface area contributed by atoms with E-state index in [1.807, 2.05) is 60.7 Å². The summed E-state index contributed by atoms with van der Waals surface area (Å²) in [4.78, 5) is 15.8. The molecule has 0 spiro atoms. The van der Waals surface area contributed by atoms with Gasteiger partial charge in [-0.05, 0) is 24.3 Å². The minimum atomic E-state index is -4.50. The summed E-state index contributed by atoms with van der Waals surface area (Å²) in [5.74, 6) is 0.326. The zero-order valence-electron chi connectivity index (χ0n) is 15.3. The van der Waals surface area contributed by atoms with Crippen molar-refractivity contribution in [3.8, 4) is 6.01 Å². The van der Waals surface area contributed by atoms with E-state index in [4.69, 9.17) is 4.74 Å². The highest BCUT2D eigenvalue weighted by atomic mass is 19.4. The number of hydrogen-bond donors (Lipinski definition) is 0. The first-order valence-corrected chi connectivity index (χ1v) is 8.37. The van der Waals surface area contributed by atoms with Crippen LogP contribution in [-0.2, 0) is 0 Å². The van der Waals surface area contributed by atoms with Crippen LogP contribution in [0.1, 0.15) is 0 Å². The molecule has 0 saturated heterocycles. The molecule has 3 aromatic rings. The third kappa shape index (κ3) is 4.87. The van der Waals surface area contributed by atoms with E-state index < -0.39 is 18.8 Å². The molecule has 0 aliphatic carbocycles. The van der Waals surface area contributed by atoms with Gasteiger partial charge in [0.1, 0.15) is 0 Å². The first kappa shape index (κ1) is 19.4. The molecule has 0 amide bonds. The van der Waals surface area contributed by atoms with Crippen molar-refractivity contribution in [1.29, 1.82) is 0 Å². The molecule has 6 nitrogen and oxygen atoms in total. The highest BCUT2D eigenvalue weighted by Gasteiger charge is 2.29. The summed E-state index contributed by atoms with van der Waals surface area (Å²) < 4.78 is 42.5. The van der Waals surface area contributed by atoms with Crippen LogP contribution in [0, 0.1) is 0 Å². The maximum Gasteiger partial charge on any atom is 0.422 e. The lowest BCUT2D eigenvalue weighted by Gasteiger charge is -2.24. The summed E-state index contributed by atoms with van der Waals surface area (Å²) in [7, 11) is 3.37. The van der Waals surface area contributed by atoms with E-state index in [1.165, 1.54) is 0 Å². The van der Waals surface area contributed by atoms with E-state index in [1.54, 1.807) is 23.9 Å². The quantitative estimate of drug-likeness (QED) is 0.625. The third-order valence-electron chi connectivity index (χ3n) is 3.59. The fourth-order valence-corrected chi connectivity index (χ4v) is 2.38. The van der Waals surface area contributed by atoms with E-state index in [0.29, 0.717) is 0 Å². The maximum atomic E-state index is 12.6. The van der Waals surface area contributed by atoms with Crippen LogP contribution in [0.15, 0.2) is 60.7 Å². The fraction of sp³-hybridized carbons (Fsp3) is 0.211. The van der Waals surface area contributed by atoms with Gasteiger partial charge < -0.3 is 9.64 Å². The van der Waals surface area contributed by atoms with Gasteiger partial charge in [0.05, 0.1) is 0 Å². The van der Waals surface area contributed by atoms with Crippen LogP contribution < -0.4 is 14.5 Å². The molecule has 1 aromatic heterocycles. The second-order valence-electron chi connectivity index (χ2n) is 6.02. The van der Waals surface area contributed by atoms with Gasteiger partial charge >= 0.3 is 12.2 Å². The molecule has 146 valence electrons. The average molecular weight is 389 g/mol. The van der Waals surface area contributed by atoms with Gasteiger partial charge in [-0.1, -0.05) is 36.4 Å². The van der Waals surface area contributed by atoms with Gasteiger partial charge in [-0.3, -0.25) is 4.90 Å². The van der Waals surface area contributed by atoms with E-state index >= 15 is 0 Å². The summed E-state index contributed by atoms with van der Waals surface area (Å²) in [5, 5.41) is 0. The SMILES string of the molecule is CN(C)c1nc(OCC(F)(F)F)nc(N(c2ccccc2)c2ccccc2)n1. The Labute approximate surface area is 160 Å². The average Bonchev–Trinajstić information content (AvgIpc) is 2.68. The van der Waals surface area contributed by atoms with E-state index in [9.17, 15) is 13.2 Å². The summed E-state index contributed by atoms with van der Waals surface area (Å²) >= 11 is 0. The van der Waals surface area contributed by atoms with Crippen molar-refractivity contribution in [1.82, 2.24) is 15.0 Å². The number of nitrogens with zero attached hydrogens (tertiary/aromatic N) is 5. The number of aromatic nitrogens is 3. The topological polar surface area (TPSA) is 54.4 Å². The number of benzene rings is 2. The molecular weight excluding hydrogens is 371 g/mol. The summed E-state index contributed by atoms with van der Waals surface area (Å²) in [6, 6.07) is 18.1. The Bertz CT molecular complexity index is 865. The fourth-order valence-electron chi connectivity index (χ4n) is 2.38. The smallest absolute Gasteiger partial charge is 0.422 e. The van der Waals surface area contributed by atoms with Gasteiger partial charge in [0.25, 0.3) is 0 Å². The number of halogens is 3. The minimum Gasteiger partial charge on any atom is -0.454 e. The molecule has 0 fully saturated rings. The Morgan fingerprint density at radius 2 is 1.29 bits per heavy atom. The van der Waals surface area contributed by atoms with Crippen molar-refractivity contribution >= 4 is 23.3 Å². The molecule has 0 atom stereocenters. The van der Waals surface area contributed by atoms with Crippen molar-refractivity contribution < 1.29 is 17.9 Å². The number of rotatable bonds is 6. The number of alkyl halides is 3. The van der Waals surface area contributed by atoms with Crippen molar-refractivity contribution in [2.24, 2.45) is 0 Å². The molecule has 2 aromatic carbocycles. The first-order valence-electron chi connectivity index (χ1n) is 8.37. The van der Waals surface area contributed by atoms with Crippen molar-refractivity contribution in [2.45, 2.75) is 6.18 Å². The van der Waals surface area contributed by atoms with Gasteiger partial charge in [-0.15, -0.1) is 0 Å². The number of ether oxygens (including phenoxy) is 1. The zero-order valence-corrected chi connectivity index (χ0v) is 15.3. The number of hydrogen-bond acceptors (Lipinski definition) is 6. The van der Waals surface area contributed by atoms with Crippen LogP contribution in [0.3, 0.4) is 0 Å². The van der Waals surface area contributed by atoms with Gasteiger partial charge in [-0.2, -0.15) is 28.1 Å². The molecule has 0 radical (unpaired) electrons. The normalized spacial score (nSPS) is 11.2. The van der Waals surface area contributed by atoms with Crippen LogP contribution in [0.2, 0.25) is 0 Å².